The van der Waals surface area contributed by atoms with Crippen molar-refractivity contribution in [2.75, 3.05) is 6.54 Å². The second-order valence-electron chi connectivity index (χ2n) is 5.86. The molecule has 3 rings (SSSR count). The predicted octanol–water partition coefficient (Wildman–Crippen LogP) is 5.45. The Labute approximate surface area is 152 Å². The molecular weight excluding hydrogens is 334 g/mol. The number of ether oxygens (including phenoxy) is 1. The molecule has 0 aliphatic carbocycles. The molecule has 0 aliphatic rings. The summed E-state index contributed by atoms with van der Waals surface area (Å²) in [5.74, 6) is 0.813. The van der Waals surface area contributed by atoms with E-state index in [2.05, 4.69) is 17.6 Å². The van der Waals surface area contributed by atoms with Gasteiger partial charge in [0.15, 0.2) is 0 Å². The van der Waals surface area contributed by atoms with Gasteiger partial charge in [0.1, 0.15) is 12.4 Å². The van der Waals surface area contributed by atoms with Crippen molar-refractivity contribution in [3.05, 3.63) is 82.9 Å². The summed E-state index contributed by atoms with van der Waals surface area (Å²) in [5.41, 5.74) is 5.37. The molecule has 0 atom stereocenters. The minimum atomic E-state index is 0.413. The number of hydrogen-bond donors (Lipinski definition) is 2. The van der Waals surface area contributed by atoms with E-state index in [0.29, 0.717) is 13.2 Å². The number of halogens is 1. The Morgan fingerprint density at radius 1 is 1.12 bits per heavy atom. The van der Waals surface area contributed by atoms with E-state index in [4.69, 9.17) is 21.5 Å². The van der Waals surface area contributed by atoms with Gasteiger partial charge in [0.05, 0.1) is 0 Å². The van der Waals surface area contributed by atoms with Crippen molar-refractivity contribution in [1.82, 2.24) is 5.48 Å². The van der Waals surface area contributed by atoms with Crippen LogP contribution in [0, 0.1) is 0 Å². The summed E-state index contributed by atoms with van der Waals surface area (Å²) in [6, 6.07) is 20.0. The molecule has 0 radical (unpaired) electrons. The number of benzene rings is 3. The molecule has 0 aliphatic heterocycles. The van der Waals surface area contributed by atoms with Crippen LogP contribution < -0.4 is 10.2 Å². The van der Waals surface area contributed by atoms with Crippen LogP contribution in [0.4, 0.5) is 0 Å². The van der Waals surface area contributed by atoms with Crippen LogP contribution >= 0.6 is 11.6 Å². The van der Waals surface area contributed by atoms with Crippen LogP contribution in [0.2, 0.25) is 5.02 Å². The fourth-order valence-corrected chi connectivity index (χ4v) is 2.94. The number of hydrogen-bond acceptors (Lipinski definition) is 3. The molecule has 128 valence electrons. The van der Waals surface area contributed by atoms with Gasteiger partial charge in [0.2, 0.25) is 0 Å². The first-order valence-corrected chi connectivity index (χ1v) is 8.49. The number of allylic oxidation sites excluding steroid dienone is 1. The molecule has 2 N–H and O–H groups in total. The molecule has 3 aromatic carbocycles. The third-order valence-corrected chi connectivity index (χ3v) is 4.42. The molecule has 0 aromatic heterocycles. The van der Waals surface area contributed by atoms with Gasteiger partial charge >= 0.3 is 0 Å². The zero-order valence-electron chi connectivity index (χ0n) is 14.0. The van der Waals surface area contributed by atoms with E-state index in [1.807, 2.05) is 61.5 Å². The first-order valence-electron chi connectivity index (χ1n) is 8.11. The Morgan fingerprint density at radius 3 is 2.80 bits per heavy atom. The lowest BCUT2D eigenvalue weighted by atomic mass is 10.1. The molecule has 25 heavy (non-hydrogen) atoms. The van der Waals surface area contributed by atoms with Crippen molar-refractivity contribution in [3.8, 4) is 5.75 Å². The Morgan fingerprint density at radius 2 is 1.96 bits per heavy atom. The summed E-state index contributed by atoms with van der Waals surface area (Å²) in [6.07, 6.45) is 1.92. The predicted molar refractivity (Wildman–Crippen MR) is 103 cm³/mol. The molecule has 0 saturated carbocycles. The van der Waals surface area contributed by atoms with Crippen LogP contribution in [-0.2, 0) is 6.61 Å². The second kappa shape index (κ2) is 8.17. The quantitative estimate of drug-likeness (QED) is 0.578. The van der Waals surface area contributed by atoms with Crippen molar-refractivity contribution in [2.45, 2.75) is 13.5 Å². The smallest absolute Gasteiger partial charge is 0.120 e. The van der Waals surface area contributed by atoms with Crippen LogP contribution in [0.5, 0.6) is 5.75 Å². The maximum Gasteiger partial charge on any atom is 0.120 e. The molecule has 0 heterocycles. The van der Waals surface area contributed by atoms with E-state index in [9.17, 15) is 0 Å². The van der Waals surface area contributed by atoms with Crippen LogP contribution in [0.15, 0.2) is 66.7 Å². The van der Waals surface area contributed by atoms with Crippen molar-refractivity contribution >= 4 is 27.9 Å². The maximum atomic E-state index is 8.69. The topological polar surface area (TPSA) is 41.5 Å². The second-order valence-corrected chi connectivity index (χ2v) is 6.27. The van der Waals surface area contributed by atoms with Gasteiger partial charge in [-0.3, -0.25) is 0 Å². The number of nitrogens with one attached hydrogen (secondary N) is 1. The monoisotopic (exact) mass is 353 g/mol. The molecule has 0 saturated heterocycles. The van der Waals surface area contributed by atoms with E-state index < -0.39 is 0 Å². The van der Waals surface area contributed by atoms with Gasteiger partial charge in [-0.15, -0.1) is 0 Å². The fourth-order valence-electron chi connectivity index (χ4n) is 2.70. The van der Waals surface area contributed by atoms with Crippen LogP contribution in [0.1, 0.15) is 18.1 Å². The third kappa shape index (κ3) is 4.40. The van der Waals surface area contributed by atoms with Crippen LogP contribution in [0.25, 0.3) is 16.3 Å². The van der Waals surface area contributed by atoms with Gasteiger partial charge in [-0.2, -0.15) is 0 Å². The van der Waals surface area contributed by atoms with Crippen molar-refractivity contribution in [2.24, 2.45) is 0 Å². The highest BCUT2D eigenvalue weighted by molar-refractivity contribution is 6.35. The largest absolute Gasteiger partial charge is 0.489 e. The molecule has 0 unspecified atom stereocenters. The Kier molecular flexibility index (Phi) is 5.71. The summed E-state index contributed by atoms with van der Waals surface area (Å²) in [6.45, 7) is 2.91. The highest BCUT2D eigenvalue weighted by Crippen LogP contribution is 2.25. The highest BCUT2D eigenvalue weighted by atomic mass is 35.5. The van der Waals surface area contributed by atoms with Gasteiger partial charge in [-0.25, -0.2) is 5.48 Å². The first-order chi connectivity index (χ1) is 12.2. The van der Waals surface area contributed by atoms with E-state index in [1.54, 1.807) is 0 Å². The van der Waals surface area contributed by atoms with Crippen LogP contribution in [-0.4, -0.2) is 11.8 Å². The zero-order valence-corrected chi connectivity index (χ0v) is 14.8. The van der Waals surface area contributed by atoms with Gasteiger partial charge in [-0.1, -0.05) is 54.1 Å². The summed E-state index contributed by atoms with van der Waals surface area (Å²) in [7, 11) is 0. The fraction of sp³-hybridized carbons (Fsp3) is 0.143. The summed E-state index contributed by atoms with van der Waals surface area (Å²) in [5, 5.41) is 11.6. The molecular formula is C21H20ClNO2. The molecule has 0 spiro atoms. The third-order valence-electron chi connectivity index (χ3n) is 4.09. The van der Waals surface area contributed by atoms with Gasteiger partial charge in [0.25, 0.3) is 0 Å². The number of rotatable bonds is 6. The maximum absolute atomic E-state index is 8.69. The van der Waals surface area contributed by atoms with E-state index >= 15 is 0 Å². The van der Waals surface area contributed by atoms with Gasteiger partial charge in [-0.05, 0) is 53.3 Å². The van der Waals surface area contributed by atoms with Gasteiger partial charge in [0, 0.05) is 17.0 Å². The number of fused-ring (bicyclic) bond motifs is 1. The van der Waals surface area contributed by atoms with E-state index in [1.165, 1.54) is 0 Å². The SMILES string of the molecule is C/C(=C\CNO)c1cccc(OCc2ccc3c(Cl)cccc3c2)c1. The average Bonchev–Trinajstić information content (AvgIpc) is 2.65. The minimum Gasteiger partial charge on any atom is -0.489 e. The molecule has 3 nitrogen and oxygen atoms in total. The molecule has 3 aromatic rings. The lowest BCUT2D eigenvalue weighted by Crippen LogP contribution is -2.05. The normalized spacial score (nSPS) is 11.7. The highest BCUT2D eigenvalue weighted by Gasteiger charge is 2.03. The van der Waals surface area contributed by atoms with Gasteiger partial charge < -0.3 is 9.94 Å². The molecule has 4 heteroatoms. The first kappa shape index (κ1) is 17.5. The average molecular weight is 354 g/mol. The lowest BCUT2D eigenvalue weighted by molar-refractivity contribution is 0.180. The van der Waals surface area contributed by atoms with Crippen LogP contribution in [0.3, 0.4) is 0 Å². The molecule has 0 bridgehead atoms. The standard InChI is InChI=1S/C21H20ClNO2/c1-15(10-11-23-24)17-4-2-6-19(13-17)25-14-16-8-9-20-18(12-16)5-3-7-21(20)22/h2-10,12-13,23-24H,11,14H2,1H3/b15-10+. The van der Waals surface area contributed by atoms with E-state index in [0.717, 1.165) is 38.2 Å². The summed E-state index contributed by atoms with van der Waals surface area (Å²) < 4.78 is 5.94. The number of hydroxylamine groups is 1. The van der Waals surface area contributed by atoms with Crippen molar-refractivity contribution in [1.29, 1.82) is 0 Å². The Hall–Kier alpha value is -2.33. The summed E-state index contributed by atoms with van der Waals surface area (Å²) >= 11 is 6.21. The molecule has 0 fully saturated rings. The minimum absolute atomic E-state index is 0.413. The molecule has 0 amide bonds. The zero-order chi connectivity index (χ0) is 17.6. The summed E-state index contributed by atoms with van der Waals surface area (Å²) in [4.78, 5) is 0. The van der Waals surface area contributed by atoms with Crippen molar-refractivity contribution in [3.63, 3.8) is 0 Å². The Bertz CT molecular complexity index is 905. The lowest BCUT2D eigenvalue weighted by Gasteiger charge is -2.10. The van der Waals surface area contributed by atoms with Crippen molar-refractivity contribution < 1.29 is 9.94 Å². The van der Waals surface area contributed by atoms with E-state index in [-0.39, 0.29) is 0 Å². The Balaban J connectivity index is 1.73.